The van der Waals surface area contributed by atoms with Crippen LogP contribution in [0.2, 0.25) is 0 Å². The van der Waals surface area contributed by atoms with E-state index in [0.29, 0.717) is 0 Å². The first kappa shape index (κ1) is 13.1. The van der Waals surface area contributed by atoms with Crippen LogP contribution in [0, 0.1) is 5.41 Å². The van der Waals surface area contributed by atoms with Crippen molar-refractivity contribution in [2.24, 2.45) is 11.1 Å². The molecule has 0 saturated heterocycles. The van der Waals surface area contributed by atoms with E-state index in [1.54, 1.807) is 6.92 Å². The van der Waals surface area contributed by atoms with Crippen LogP contribution in [0.1, 0.15) is 13.3 Å². The van der Waals surface area contributed by atoms with Crippen molar-refractivity contribution in [1.82, 2.24) is 0 Å². The van der Waals surface area contributed by atoms with E-state index in [2.05, 4.69) is 0 Å². The predicted octanol–water partition coefficient (Wildman–Crippen LogP) is 1.59. The molecule has 0 saturated carbocycles. The number of nitrogens with two attached hydrogens (primary N) is 1. The summed E-state index contributed by atoms with van der Waals surface area (Å²) in [5.41, 5.74) is 0.542. The third-order valence-electron chi connectivity index (χ3n) is 1.85. The van der Waals surface area contributed by atoms with E-state index in [4.69, 9.17) is 10.8 Å². The van der Waals surface area contributed by atoms with Gasteiger partial charge in [0.15, 0.2) is 0 Å². The number of halogens is 3. The number of hydrogen-bond donors (Lipinski definition) is 2. The lowest BCUT2D eigenvalue weighted by Crippen LogP contribution is -2.31. The summed E-state index contributed by atoms with van der Waals surface area (Å²) < 4.78 is 35.1. The fourth-order valence-corrected chi connectivity index (χ4v) is 1.49. The van der Waals surface area contributed by atoms with Gasteiger partial charge in [0.1, 0.15) is 0 Å². The molecule has 80 valence electrons. The van der Waals surface area contributed by atoms with Crippen LogP contribution in [0.25, 0.3) is 0 Å². The lowest BCUT2D eigenvalue weighted by atomic mass is 9.89. The van der Waals surface area contributed by atoms with E-state index in [9.17, 15) is 13.2 Å². The Hall–Kier alpha value is 0.0600. The van der Waals surface area contributed by atoms with Gasteiger partial charge in [-0.15, -0.1) is 0 Å². The molecule has 0 aliphatic rings. The van der Waals surface area contributed by atoms with Crippen LogP contribution in [0.15, 0.2) is 0 Å². The number of thioether (sulfide) groups is 1. The first-order valence-corrected chi connectivity index (χ1v) is 4.83. The molecule has 0 aromatic rings. The number of alkyl halides is 3. The average Bonchev–Trinajstić information content (AvgIpc) is 2.02. The lowest BCUT2D eigenvalue weighted by molar-refractivity contribution is -0.0329. The standard InChI is InChI=1S/C7H14F3NOS/c1-6(4-11,5-12)2-3-13-7(8,9)10/h12H,2-5,11H2,1H3. The summed E-state index contributed by atoms with van der Waals surface area (Å²) in [5, 5.41) is 8.84. The fourth-order valence-electron chi connectivity index (χ4n) is 0.659. The molecule has 0 radical (unpaired) electrons. The first-order valence-electron chi connectivity index (χ1n) is 3.84. The van der Waals surface area contributed by atoms with Crippen molar-refractivity contribution in [3.63, 3.8) is 0 Å². The third-order valence-corrected chi connectivity index (χ3v) is 2.58. The molecule has 13 heavy (non-hydrogen) atoms. The molecule has 0 amide bonds. The predicted molar refractivity (Wildman–Crippen MR) is 47.4 cm³/mol. The minimum Gasteiger partial charge on any atom is -0.396 e. The summed E-state index contributed by atoms with van der Waals surface area (Å²) in [6.45, 7) is 1.69. The van der Waals surface area contributed by atoms with Gasteiger partial charge in [-0.25, -0.2) is 0 Å². The molecule has 0 heterocycles. The van der Waals surface area contributed by atoms with E-state index >= 15 is 0 Å². The Balaban J connectivity index is 3.74. The lowest BCUT2D eigenvalue weighted by Gasteiger charge is -2.24. The Morgan fingerprint density at radius 1 is 1.38 bits per heavy atom. The second kappa shape index (κ2) is 5.07. The van der Waals surface area contributed by atoms with E-state index in [-0.39, 0.29) is 37.1 Å². The molecule has 0 spiro atoms. The summed E-state index contributed by atoms with van der Waals surface area (Å²) >= 11 is -0.0755. The van der Waals surface area contributed by atoms with Crippen LogP contribution < -0.4 is 5.73 Å². The van der Waals surface area contributed by atoms with Crippen molar-refractivity contribution in [2.75, 3.05) is 18.9 Å². The largest absolute Gasteiger partial charge is 0.441 e. The van der Waals surface area contributed by atoms with Crippen LogP contribution in [0.5, 0.6) is 0 Å². The summed E-state index contributed by atoms with van der Waals surface area (Å²) in [6.07, 6.45) is 0.268. The number of aliphatic hydroxyl groups excluding tert-OH is 1. The molecule has 0 fully saturated rings. The van der Waals surface area contributed by atoms with Gasteiger partial charge in [0.25, 0.3) is 0 Å². The van der Waals surface area contributed by atoms with Crippen LogP contribution in [-0.2, 0) is 0 Å². The van der Waals surface area contributed by atoms with Gasteiger partial charge in [-0.1, -0.05) is 18.7 Å². The smallest absolute Gasteiger partial charge is 0.396 e. The van der Waals surface area contributed by atoms with Crippen molar-refractivity contribution < 1.29 is 18.3 Å². The Morgan fingerprint density at radius 2 is 1.92 bits per heavy atom. The normalized spacial score (nSPS) is 17.1. The SMILES string of the molecule is CC(CN)(CO)CCSC(F)(F)F. The summed E-state index contributed by atoms with van der Waals surface area (Å²) in [4.78, 5) is 0. The maximum atomic E-state index is 11.7. The highest BCUT2D eigenvalue weighted by Crippen LogP contribution is 2.33. The van der Waals surface area contributed by atoms with Crippen LogP contribution in [0.4, 0.5) is 13.2 Å². The molecule has 0 rings (SSSR count). The zero-order valence-corrected chi connectivity index (χ0v) is 8.21. The Kier molecular flexibility index (Phi) is 5.09. The first-order chi connectivity index (χ1) is 5.83. The van der Waals surface area contributed by atoms with E-state index in [1.165, 1.54) is 0 Å². The minimum atomic E-state index is -4.19. The van der Waals surface area contributed by atoms with Gasteiger partial charge in [-0.3, -0.25) is 0 Å². The molecule has 0 aromatic carbocycles. The number of rotatable bonds is 5. The molecular formula is C7H14F3NOS. The highest BCUT2D eigenvalue weighted by atomic mass is 32.2. The van der Waals surface area contributed by atoms with Gasteiger partial charge >= 0.3 is 5.51 Å². The molecule has 2 nitrogen and oxygen atoms in total. The van der Waals surface area contributed by atoms with Crippen molar-refractivity contribution in [3.05, 3.63) is 0 Å². The van der Waals surface area contributed by atoms with Gasteiger partial charge in [0, 0.05) is 17.8 Å². The zero-order valence-electron chi connectivity index (χ0n) is 7.40. The second-order valence-electron chi connectivity index (χ2n) is 3.22. The molecule has 0 bridgehead atoms. The quantitative estimate of drug-likeness (QED) is 0.735. The molecule has 1 atom stereocenters. The van der Waals surface area contributed by atoms with E-state index < -0.39 is 10.9 Å². The van der Waals surface area contributed by atoms with Gasteiger partial charge in [0.2, 0.25) is 0 Å². The molecular weight excluding hydrogens is 203 g/mol. The minimum absolute atomic E-state index is 0.0578. The Morgan fingerprint density at radius 3 is 2.23 bits per heavy atom. The average molecular weight is 217 g/mol. The number of aliphatic hydroxyl groups is 1. The van der Waals surface area contributed by atoms with Crippen LogP contribution >= 0.6 is 11.8 Å². The Labute approximate surface area is 79.7 Å². The summed E-state index contributed by atoms with van der Waals surface area (Å²) in [6, 6.07) is 0. The van der Waals surface area contributed by atoms with Crippen LogP contribution in [-0.4, -0.2) is 29.5 Å². The van der Waals surface area contributed by atoms with Crippen molar-refractivity contribution in [1.29, 1.82) is 0 Å². The van der Waals surface area contributed by atoms with E-state index in [1.807, 2.05) is 0 Å². The Bertz CT molecular complexity index is 147. The molecule has 6 heteroatoms. The maximum Gasteiger partial charge on any atom is 0.441 e. The van der Waals surface area contributed by atoms with Crippen molar-refractivity contribution in [2.45, 2.75) is 18.9 Å². The maximum absolute atomic E-state index is 11.7. The van der Waals surface area contributed by atoms with Crippen LogP contribution in [0.3, 0.4) is 0 Å². The summed E-state index contributed by atoms with van der Waals surface area (Å²) in [7, 11) is 0. The molecule has 1 unspecified atom stereocenters. The third kappa shape index (κ3) is 6.17. The van der Waals surface area contributed by atoms with Gasteiger partial charge in [-0.05, 0) is 13.0 Å². The van der Waals surface area contributed by atoms with Gasteiger partial charge in [0.05, 0.1) is 0 Å². The zero-order chi connectivity index (χ0) is 10.5. The molecule has 0 aliphatic heterocycles. The molecule has 3 N–H and O–H groups in total. The fraction of sp³-hybridized carbons (Fsp3) is 1.00. The van der Waals surface area contributed by atoms with Crippen molar-refractivity contribution in [3.8, 4) is 0 Å². The highest BCUT2D eigenvalue weighted by molar-refractivity contribution is 8.00. The van der Waals surface area contributed by atoms with Gasteiger partial charge in [-0.2, -0.15) is 13.2 Å². The van der Waals surface area contributed by atoms with Gasteiger partial charge < -0.3 is 10.8 Å². The highest BCUT2D eigenvalue weighted by Gasteiger charge is 2.30. The summed E-state index contributed by atoms with van der Waals surface area (Å²) in [5.74, 6) is -0.0578. The van der Waals surface area contributed by atoms with E-state index in [0.717, 1.165) is 0 Å². The van der Waals surface area contributed by atoms with Crippen molar-refractivity contribution >= 4 is 11.8 Å². The number of hydrogen-bond acceptors (Lipinski definition) is 3. The topological polar surface area (TPSA) is 46.2 Å². The molecule has 0 aromatic heterocycles. The molecule has 0 aliphatic carbocycles. The second-order valence-corrected chi connectivity index (χ2v) is 4.38. The monoisotopic (exact) mass is 217 g/mol.